The summed E-state index contributed by atoms with van der Waals surface area (Å²) in [5.74, 6) is 0.662. The molecular weight excluding hydrogens is 360 g/mol. The van der Waals surface area contributed by atoms with Crippen LogP contribution in [-0.4, -0.2) is 82.7 Å². The Morgan fingerprint density at radius 3 is 1.88 bits per heavy atom. The van der Waals surface area contributed by atoms with E-state index in [4.69, 9.17) is 9.47 Å². The van der Waals surface area contributed by atoms with Crippen molar-refractivity contribution in [2.45, 2.75) is 30.1 Å². The van der Waals surface area contributed by atoms with Crippen molar-refractivity contribution in [1.82, 2.24) is 23.6 Å². The molecule has 10 heteroatoms. The first-order valence-corrected chi connectivity index (χ1v) is 10.4. The first-order valence-electron chi connectivity index (χ1n) is 8.85. The minimum atomic E-state index is 0.662. The van der Waals surface area contributed by atoms with Gasteiger partial charge < -0.3 is 14.8 Å². The minimum Gasteiger partial charge on any atom is -0.379 e. The van der Waals surface area contributed by atoms with Crippen LogP contribution in [0.2, 0.25) is 0 Å². The molecule has 25 heavy (non-hydrogen) atoms. The molecule has 0 atom stereocenters. The third-order valence-electron chi connectivity index (χ3n) is 3.77. The average molecular weight is 387 g/mol. The van der Waals surface area contributed by atoms with Crippen molar-refractivity contribution in [3.63, 3.8) is 0 Å². The van der Waals surface area contributed by atoms with Gasteiger partial charge in [0.15, 0.2) is 0 Å². The van der Waals surface area contributed by atoms with E-state index in [2.05, 4.69) is 35.8 Å². The highest BCUT2D eigenvalue weighted by atomic mass is 32.2. The quantitative estimate of drug-likeness (QED) is 0.527. The smallest absolute Gasteiger partial charge is 0.227 e. The Bertz CT molecular complexity index is 488. The van der Waals surface area contributed by atoms with Crippen molar-refractivity contribution in [2.75, 3.05) is 64.5 Å². The van der Waals surface area contributed by atoms with E-state index in [1.165, 1.54) is 0 Å². The number of rotatable bonds is 8. The summed E-state index contributed by atoms with van der Waals surface area (Å²) in [5, 5.41) is 4.81. The number of unbranched alkanes of at least 4 members (excludes halogenated alkanes) is 1. The molecule has 8 nitrogen and oxygen atoms in total. The Morgan fingerprint density at radius 1 is 0.880 bits per heavy atom. The van der Waals surface area contributed by atoms with Crippen LogP contribution in [0, 0.1) is 0 Å². The monoisotopic (exact) mass is 386 g/mol. The molecule has 0 aliphatic carbocycles. The highest BCUT2D eigenvalue weighted by Gasteiger charge is 2.18. The summed E-state index contributed by atoms with van der Waals surface area (Å²) in [6.45, 7) is 9.65. The molecule has 1 aromatic heterocycles. The Labute approximate surface area is 157 Å². The second kappa shape index (κ2) is 10.5. The fraction of sp³-hybridized carbons (Fsp3) is 0.800. The average Bonchev–Trinajstić information content (AvgIpc) is 2.63. The number of hydrogen-bond acceptors (Lipinski definition) is 10. The standard InChI is InChI=1S/C15H26N6O2S2/c1-2-3-4-16-13-17-14(24-20-5-9-22-10-6-20)19-15(18-13)25-21-7-11-23-12-8-21/h2-12H2,1H3,(H,16,17,18,19). The highest BCUT2D eigenvalue weighted by molar-refractivity contribution is 7.97. The van der Waals surface area contributed by atoms with E-state index in [1.54, 1.807) is 23.9 Å². The normalized spacial score (nSPS) is 19.9. The molecule has 2 aliphatic rings. The van der Waals surface area contributed by atoms with Gasteiger partial charge in [-0.25, -0.2) is 8.61 Å². The van der Waals surface area contributed by atoms with Gasteiger partial charge in [0, 0.05) is 32.7 Å². The van der Waals surface area contributed by atoms with Crippen molar-refractivity contribution in [3.8, 4) is 0 Å². The largest absolute Gasteiger partial charge is 0.379 e. The molecular formula is C15H26N6O2S2. The van der Waals surface area contributed by atoms with Crippen LogP contribution in [-0.2, 0) is 9.47 Å². The van der Waals surface area contributed by atoms with Gasteiger partial charge in [-0.15, -0.1) is 0 Å². The van der Waals surface area contributed by atoms with Crippen molar-refractivity contribution in [1.29, 1.82) is 0 Å². The molecule has 0 amide bonds. The van der Waals surface area contributed by atoms with Gasteiger partial charge in [0.05, 0.1) is 26.4 Å². The summed E-state index contributed by atoms with van der Waals surface area (Å²) >= 11 is 3.18. The Hall–Kier alpha value is -0.650. The number of hydrogen-bond donors (Lipinski definition) is 1. The summed E-state index contributed by atoms with van der Waals surface area (Å²) in [4.78, 5) is 13.8. The van der Waals surface area contributed by atoms with E-state index in [0.29, 0.717) is 5.95 Å². The zero-order valence-corrected chi connectivity index (χ0v) is 16.3. The lowest BCUT2D eigenvalue weighted by molar-refractivity contribution is 0.0770. The first kappa shape index (κ1) is 19.1. The second-order valence-corrected chi connectivity index (χ2v) is 7.90. The van der Waals surface area contributed by atoms with Crippen molar-refractivity contribution < 1.29 is 9.47 Å². The number of morpholine rings is 2. The maximum absolute atomic E-state index is 5.41. The molecule has 3 heterocycles. The molecule has 0 radical (unpaired) electrons. The molecule has 0 spiro atoms. The van der Waals surface area contributed by atoms with Crippen LogP contribution in [0.25, 0.3) is 0 Å². The zero-order chi connectivity index (χ0) is 17.3. The van der Waals surface area contributed by atoms with Gasteiger partial charge in [-0.05, 0) is 30.3 Å². The van der Waals surface area contributed by atoms with Gasteiger partial charge in [0.25, 0.3) is 0 Å². The van der Waals surface area contributed by atoms with Crippen LogP contribution >= 0.6 is 23.9 Å². The van der Waals surface area contributed by atoms with Gasteiger partial charge >= 0.3 is 0 Å². The Morgan fingerprint density at radius 2 is 1.40 bits per heavy atom. The number of aromatic nitrogens is 3. The van der Waals surface area contributed by atoms with Crippen LogP contribution in [0.3, 0.4) is 0 Å². The van der Waals surface area contributed by atoms with E-state index in [9.17, 15) is 0 Å². The maximum Gasteiger partial charge on any atom is 0.227 e. The minimum absolute atomic E-state index is 0.662. The van der Waals surface area contributed by atoms with E-state index in [1.807, 2.05) is 0 Å². The zero-order valence-electron chi connectivity index (χ0n) is 14.6. The van der Waals surface area contributed by atoms with Crippen LogP contribution in [0.15, 0.2) is 10.3 Å². The number of anilines is 1. The van der Waals surface area contributed by atoms with Crippen LogP contribution in [0.1, 0.15) is 19.8 Å². The van der Waals surface area contributed by atoms with E-state index >= 15 is 0 Å². The van der Waals surface area contributed by atoms with E-state index in [-0.39, 0.29) is 0 Å². The molecule has 2 fully saturated rings. The Balaban J connectivity index is 1.67. The van der Waals surface area contributed by atoms with E-state index < -0.39 is 0 Å². The lowest BCUT2D eigenvalue weighted by atomic mass is 10.3. The maximum atomic E-state index is 5.41. The third-order valence-corrected chi connectivity index (χ3v) is 5.71. The lowest BCUT2D eigenvalue weighted by Crippen LogP contribution is -2.31. The topological polar surface area (TPSA) is 75.6 Å². The predicted octanol–water partition coefficient (Wildman–Crippen LogP) is 1.76. The molecule has 2 saturated heterocycles. The van der Waals surface area contributed by atoms with E-state index in [0.717, 1.165) is 82.3 Å². The summed E-state index contributed by atoms with van der Waals surface area (Å²) in [5.41, 5.74) is 0. The SMILES string of the molecule is CCCCNc1nc(SN2CCOCC2)nc(SN2CCOCC2)n1. The fourth-order valence-corrected chi connectivity index (χ4v) is 4.07. The van der Waals surface area contributed by atoms with Gasteiger partial charge in [-0.2, -0.15) is 15.0 Å². The molecule has 0 aromatic carbocycles. The molecule has 1 aromatic rings. The Kier molecular flexibility index (Phi) is 8.02. The summed E-state index contributed by atoms with van der Waals surface area (Å²) in [7, 11) is 0. The van der Waals surface area contributed by atoms with Crippen molar-refractivity contribution in [2.24, 2.45) is 0 Å². The van der Waals surface area contributed by atoms with Gasteiger partial charge in [-0.1, -0.05) is 13.3 Å². The third kappa shape index (κ3) is 6.54. The molecule has 1 N–H and O–H groups in total. The van der Waals surface area contributed by atoms with Crippen molar-refractivity contribution >= 4 is 29.8 Å². The van der Waals surface area contributed by atoms with Gasteiger partial charge in [0.1, 0.15) is 0 Å². The molecule has 0 bridgehead atoms. The number of nitrogens with one attached hydrogen (secondary N) is 1. The second-order valence-electron chi connectivity index (χ2n) is 5.77. The molecule has 140 valence electrons. The fourth-order valence-electron chi connectivity index (χ4n) is 2.38. The molecule has 3 rings (SSSR count). The highest BCUT2D eigenvalue weighted by Crippen LogP contribution is 2.26. The summed E-state index contributed by atoms with van der Waals surface area (Å²) in [6, 6.07) is 0. The molecule has 2 aliphatic heterocycles. The van der Waals surface area contributed by atoms with Crippen LogP contribution < -0.4 is 5.32 Å². The van der Waals surface area contributed by atoms with Crippen molar-refractivity contribution in [3.05, 3.63) is 0 Å². The van der Waals surface area contributed by atoms with Crippen LogP contribution in [0.4, 0.5) is 5.95 Å². The predicted molar refractivity (Wildman–Crippen MR) is 99.7 cm³/mol. The summed E-state index contributed by atoms with van der Waals surface area (Å²) < 4.78 is 15.3. The van der Waals surface area contributed by atoms with Gasteiger partial charge in [0.2, 0.25) is 16.3 Å². The van der Waals surface area contributed by atoms with Crippen LogP contribution in [0.5, 0.6) is 0 Å². The summed E-state index contributed by atoms with van der Waals surface area (Å²) in [6.07, 6.45) is 2.24. The van der Waals surface area contributed by atoms with Gasteiger partial charge in [-0.3, -0.25) is 0 Å². The lowest BCUT2D eigenvalue weighted by Gasteiger charge is -2.25. The molecule has 0 unspecified atom stereocenters. The molecule has 0 saturated carbocycles. The number of ether oxygens (including phenoxy) is 2. The first-order chi connectivity index (χ1) is 12.3. The number of nitrogens with zero attached hydrogens (tertiary/aromatic N) is 5.